The number of hydrogen-bond acceptors (Lipinski definition) is 5. The fraction of sp³-hybridized carbons (Fsp3) is 1.00. The fourth-order valence-corrected chi connectivity index (χ4v) is 3.82. The maximum absolute atomic E-state index is 3.69. The minimum Gasteiger partial charge on any atom is -0.309 e. The first kappa shape index (κ1) is 12.8. The summed E-state index contributed by atoms with van der Waals surface area (Å²) in [4.78, 5) is 2.66. The average molecular weight is 253 g/mol. The Morgan fingerprint density at radius 2 is 1.67 bits per heavy atom. The van der Waals surface area contributed by atoms with Crippen LogP contribution in [0.25, 0.3) is 0 Å². The lowest BCUT2D eigenvalue weighted by molar-refractivity contribution is -0.0616. The van der Waals surface area contributed by atoms with Crippen molar-refractivity contribution in [2.45, 2.75) is 64.1 Å². The molecule has 3 saturated heterocycles. The molecule has 18 heavy (non-hydrogen) atoms. The minimum atomic E-state index is 0.527. The highest BCUT2D eigenvalue weighted by Gasteiger charge is 2.40. The molecule has 0 aromatic heterocycles. The summed E-state index contributed by atoms with van der Waals surface area (Å²) >= 11 is 0. The Balaban J connectivity index is 1.72. The Morgan fingerprint density at radius 1 is 0.944 bits per heavy atom. The average Bonchev–Trinajstić information content (AvgIpc) is 2.74. The zero-order valence-corrected chi connectivity index (χ0v) is 11.8. The normalized spacial score (nSPS) is 47.2. The van der Waals surface area contributed by atoms with Gasteiger partial charge in [-0.1, -0.05) is 0 Å². The van der Waals surface area contributed by atoms with Gasteiger partial charge in [-0.05, 0) is 33.6 Å². The first-order chi connectivity index (χ1) is 8.63. The van der Waals surface area contributed by atoms with Crippen LogP contribution in [0.3, 0.4) is 0 Å². The number of rotatable bonds is 1. The van der Waals surface area contributed by atoms with Gasteiger partial charge in [0.15, 0.2) is 0 Å². The van der Waals surface area contributed by atoms with Gasteiger partial charge < -0.3 is 5.32 Å². The van der Waals surface area contributed by atoms with E-state index in [2.05, 4.69) is 46.7 Å². The van der Waals surface area contributed by atoms with Gasteiger partial charge in [0.05, 0.1) is 12.3 Å². The lowest BCUT2D eigenvalue weighted by atomic mass is 10.0. The van der Waals surface area contributed by atoms with Gasteiger partial charge in [-0.2, -0.15) is 0 Å². The van der Waals surface area contributed by atoms with Crippen molar-refractivity contribution in [3.63, 3.8) is 0 Å². The summed E-state index contributed by atoms with van der Waals surface area (Å²) in [6.07, 6.45) is 3.51. The molecule has 104 valence electrons. The Bertz CT molecular complexity index is 287. The first-order valence-corrected chi connectivity index (χ1v) is 7.41. The highest BCUT2D eigenvalue weighted by Crippen LogP contribution is 2.24. The van der Waals surface area contributed by atoms with E-state index in [1.54, 1.807) is 0 Å². The Kier molecular flexibility index (Phi) is 3.60. The molecular formula is C13H27N5. The molecule has 0 bridgehead atoms. The van der Waals surface area contributed by atoms with Crippen molar-refractivity contribution in [3.8, 4) is 0 Å². The summed E-state index contributed by atoms with van der Waals surface area (Å²) in [6.45, 7) is 10.3. The zero-order chi connectivity index (χ0) is 12.7. The van der Waals surface area contributed by atoms with Gasteiger partial charge >= 0.3 is 0 Å². The molecule has 5 atom stereocenters. The van der Waals surface area contributed by atoms with Crippen LogP contribution in [0.2, 0.25) is 0 Å². The van der Waals surface area contributed by atoms with E-state index >= 15 is 0 Å². The van der Waals surface area contributed by atoms with Crippen LogP contribution >= 0.6 is 0 Å². The topological polar surface area (TPSA) is 42.6 Å². The summed E-state index contributed by atoms with van der Waals surface area (Å²) < 4.78 is 0. The van der Waals surface area contributed by atoms with Crippen molar-refractivity contribution in [3.05, 3.63) is 0 Å². The lowest BCUT2D eigenvalue weighted by Crippen LogP contribution is -2.68. The molecule has 5 heteroatoms. The number of fused-ring (bicyclic) bond motifs is 1. The molecule has 0 spiro atoms. The number of hydrazine groups is 1. The molecule has 3 fully saturated rings. The molecule has 3 rings (SSSR count). The standard InChI is InChI=1S/C13H27N5/c1-9-6-13(18-12(16-9)4-5-14-18)17-7-10(2)15-11(3)8-17/h9-16H,4-8H2,1-3H3. The van der Waals surface area contributed by atoms with E-state index in [0.717, 1.165) is 19.6 Å². The lowest BCUT2D eigenvalue weighted by Gasteiger charge is -2.49. The molecule has 3 heterocycles. The van der Waals surface area contributed by atoms with Crippen molar-refractivity contribution < 1.29 is 0 Å². The van der Waals surface area contributed by atoms with Crippen molar-refractivity contribution in [1.82, 2.24) is 26.0 Å². The molecule has 3 N–H and O–H groups in total. The molecule has 0 aliphatic carbocycles. The minimum absolute atomic E-state index is 0.527. The largest absolute Gasteiger partial charge is 0.309 e. The second-order valence-electron chi connectivity index (χ2n) is 6.33. The molecule has 5 unspecified atom stereocenters. The maximum Gasteiger partial charge on any atom is 0.0791 e. The van der Waals surface area contributed by atoms with E-state index in [1.165, 1.54) is 12.8 Å². The molecule has 0 amide bonds. The summed E-state index contributed by atoms with van der Waals surface area (Å²) in [5.74, 6) is 0. The summed E-state index contributed by atoms with van der Waals surface area (Å²) in [5.41, 5.74) is 3.56. The van der Waals surface area contributed by atoms with Crippen LogP contribution in [-0.4, -0.2) is 60.0 Å². The van der Waals surface area contributed by atoms with E-state index in [-0.39, 0.29) is 0 Å². The fourth-order valence-electron chi connectivity index (χ4n) is 3.82. The van der Waals surface area contributed by atoms with Gasteiger partial charge in [-0.25, -0.2) is 5.01 Å². The SMILES string of the molecule is CC1CN(C2CC(C)NC3CCNN32)CC(C)N1. The van der Waals surface area contributed by atoms with Gasteiger partial charge in [-0.3, -0.25) is 15.6 Å². The number of nitrogens with zero attached hydrogens (tertiary/aromatic N) is 2. The first-order valence-electron chi connectivity index (χ1n) is 7.41. The highest BCUT2D eigenvalue weighted by molar-refractivity contribution is 4.93. The molecule has 5 nitrogen and oxygen atoms in total. The van der Waals surface area contributed by atoms with Crippen LogP contribution in [0.4, 0.5) is 0 Å². The Labute approximate surface area is 110 Å². The van der Waals surface area contributed by atoms with Crippen LogP contribution in [0.5, 0.6) is 0 Å². The molecule has 0 aromatic carbocycles. The summed E-state index contributed by atoms with van der Waals surface area (Å²) in [5, 5.41) is 9.78. The number of nitrogens with one attached hydrogen (secondary N) is 3. The van der Waals surface area contributed by atoms with Crippen LogP contribution in [-0.2, 0) is 0 Å². The van der Waals surface area contributed by atoms with Crippen LogP contribution in [0.15, 0.2) is 0 Å². The molecule has 0 radical (unpaired) electrons. The van der Waals surface area contributed by atoms with Crippen molar-refractivity contribution in [2.24, 2.45) is 0 Å². The highest BCUT2D eigenvalue weighted by atomic mass is 15.7. The Hall–Kier alpha value is -0.200. The summed E-state index contributed by atoms with van der Waals surface area (Å²) in [7, 11) is 0. The van der Waals surface area contributed by atoms with E-state index in [4.69, 9.17) is 0 Å². The number of piperazine rings is 1. The van der Waals surface area contributed by atoms with Gasteiger partial charge in [0.2, 0.25) is 0 Å². The Morgan fingerprint density at radius 3 is 2.39 bits per heavy atom. The second kappa shape index (κ2) is 5.06. The molecule has 0 saturated carbocycles. The number of hydrogen-bond donors (Lipinski definition) is 3. The van der Waals surface area contributed by atoms with E-state index in [9.17, 15) is 0 Å². The van der Waals surface area contributed by atoms with Gasteiger partial charge in [0, 0.05) is 37.8 Å². The third kappa shape index (κ3) is 2.42. The monoisotopic (exact) mass is 253 g/mol. The smallest absolute Gasteiger partial charge is 0.0791 e. The molecule has 3 aliphatic rings. The van der Waals surface area contributed by atoms with Gasteiger partial charge in [0.25, 0.3) is 0 Å². The second-order valence-corrected chi connectivity index (χ2v) is 6.33. The predicted molar refractivity (Wildman–Crippen MR) is 72.9 cm³/mol. The van der Waals surface area contributed by atoms with E-state index in [0.29, 0.717) is 30.5 Å². The molecule has 0 aromatic rings. The summed E-state index contributed by atoms with van der Waals surface area (Å²) in [6, 6.07) is 1.82. The van der Waals surface area contributed by atoms with Crippen LogP contribution < -0.4 is 16.1 Å². The molecule has 3 aliphatic heterocycles. The maximum atomic E-state index is 3.69. The van der Waals surface area contributed by atoms with Crippen molar-refractivity contribution in [2.75, 3.05) is 19.6 Å². The third-order valence-corrected chi connectivity index (χ3v) is 4.42. The van der Waals surface area contributed by atoms with Crippen molar-refractivity contribution in [1.29, 1.82) is 0 Å². The molecular weight excluding hydrogens is 226 g/mol. The predicted octanol–water partition coefficient (Wildman–Crippen LogP) is -0.0871. The van der Waals surface area contributed by atoms with Gasteiger partial charge in [0.1, 0.15) is 0 Å². The van der Waals surface area contributed by atoms with E-state index < -0.39 is 0 Å². The van der Waals surface area contributed by atoms with Crippen LogP contribution in [0.1, 0.15) is 33.6 Å². The van der Waals surface area contributed by atoms with Gasteiger partial charge in [-0.15, -0.1) is 0 Å². The van der Waals surface area contributed by atoms with E-state index in [1.807, 2.05) is 0 Å². The quantitative estimate of drug-likeness (QED) is 0.610. The third-order valence-electron chi connectivity index (χ3n) is 4.42. The zero-order valence-electron chi connectivity index (χ0n) is 11.8. The van der Waals surface area contributed by atoms with Crippen LogP contribution in [0, 0.1) is 0 Å². The van der Waals surface area contributed by atoms with Crippen molar-refractivity contribution >= 4 is 0 Å².